The number of likely N-dealkylation sites (N-methyl/N-ethyl adjacent to an activating group) is 1. The van der Waals surface area contributed by atoms with Crippen LogP contribution in [0.15, 0.2) is 54.6 Å². The summed E-state index contributed by atoms with van der Waals surface area (Å²) < 4.78 is 5.24. The monoisotopic (exact) mass is 365 g/mol. The van der Waals surface area contributed by atoms with E-state index in [9.17, 15) is 14.4 Å². The van der Waals surface area contributed by atoms with E-state index in [0.717, 1.165) is 0 Å². The van der Waals surface area contributed by atoms with Crippen LogP contribution >= 0.6 is 0 Å². The second-order valence-corrected chi connectivity index (χ2v) is 5.74. The molecule has 7 heteroatoms. The molecule has 138 valence electrons. The summed E-state index contributed by atoms with van der Waals surface area (Å²) in [5.74, 6) is -1.43. The molecule has 0 spiro atoms. The predicted molar refractivity (Wildman–Crippen MR) is 100 cm³/mol. The lowest BCUT2D eigenvalue weighted by Gasteiger charge is -2.21. The van der Waals surface area contributed by atoms with Gasteiger partial charge in [-0.25, -0.2) is 4.79 Å². The highest BCUT2D eigenvalue weighted by Gasteiger charge is 2.23. The van der Waals surface area contributed by atoms with Crippen molar-refractivity contribution in [1.82, 2.24) is 0 Å². The summed E-state index contributed by atoms with van der Waals surface area (Å²) in [6.45, 7) is 1.51. The minimum atomic E-state index is -0.960. The van der Waals surface area contributed by atoms with Crippen molar-refractivity contribution in [3.8, 4) is 6.07 Å². The van der Waals surface area contributed by atoms with E-state index in [2.05, 4.69) is 5.32 Å². The molecule has 0 heterocycles. The second kappa shape index (κ2) is 9.15. The van der Waals surface area contributed by atoms with Gasteiger partial charge in [0.2, 0.25) is 5.91 Å². The predicted octanol–water partition coefficient (Wildman–Crippen LogP) is 2.75. The van der Waals surface area contributed by atoms with Crippen LogP contribution < -0.4 is 10.2 Å². The maximum absolute atomic E-state index is 12.4. The molecule has 0 fully saturated rings. The van der Waals surface area contributed by atoms with Gasteiger partial charge in [0, 0.05) is 18.4 Å². The number of para-hydroxylation sites is 1. The van der Waals surface area contributed by atoms with Gasteiger partial charge in [-0.2, -0.15) is 5.26 Å². The first-order valence-electron chi connectivity index (χ1n) is 8.23. The number of benzene rings is 2. The lowest BCUT2D eigenvalue weighted by molar-refractivity contribution is -0.126. The number of anilines is 2. The summed E-state index contributed by atoms with van der Waals surface area (Å²) in [6, 6.07) is 16.8. The van der Waals surface area contributed by atoms with Gasteiger partial charge in [-0.15, -0.1) is 0 Å². The molecule has 27 heavy (non-hydrogen) atoms. The molecule has 0 radical (unpaired) electrons. The number of rotatable bonds is 6. The Bertz CT molecular complexity index is 857. The highest BCUT2D eigenvalue weighted by molar-refractivity contribution is 5.99. The van der Waals surface area contributed by atoms with Crippen LogP contribution in [0, 0.1) is 11.3 Å². The zero-order valence-corrected chi connectivity index (χ0v) is 15.0. The lowest BCUT2D eigenvalue weighted by Crippen LogP contribution is -2.37. The Morgan fingerprint density at radius 2 is 1.74 bits per heavy atom. The number of ether oxygens (including phenoxy) is 1. The van der Waals surface area contributed by atoms with E-state index < -0.39 is 18.0 Å². The molecule has 0 bridgehead atoms. The Kier molecular flexibility index (Phi) is 6.67. The van der Waals surface area contributed by atoms with Gasteiger partial charge in [-0.1, -0.05) is 18.2 Å². The van der Waals surface area contributed by atoms with Crippen LogP contribution in [0.25, 0.3) is 0 Å². The third-order valence-electron chi connectivity index (χ3n) is 3.75. The molecule has 7 nitrogen and oxygen atoms in total. The molecular weight excluding hydrogens is 346 g/mol. The van der Waals surface area contributed by atoms with E-state index >= 15 is 0 Å². The zero-order chi connectivity index (χ0) is 19.8. The van der Waals surface area contributed by atoms with E-state index in [1.165, 1.54) is 36.1 Å². The fourth-order valence-electron chi connectivity index (χ4n) is 2.30. The molecule has 2 rings (SSSR count). The van der Waals surface area contributed by atoms with Gasteiger partial charge < -0.3 is 15.0 Å². The van der Waals surface area contributed by atoms with Gasteiger partial charge in [-0.3, -0.25) is 9.59 Å². The summed E-state index contributed by atoms with van der Waals surface area (Å²) in [4.78, 5) is 37.4. The van der Waals surface area contributed by atoms with Crippen molar-refractivity contribution in [3.05, 3.63) is 60.2 Å². The number of nitriles is 1. The van der Waals surface area contributed by atoms with Crippen LogP contribution in [0.4, 0.5) is 11.4 Å². The highest BCUT2D eigenvalue weighted by Crippen LogP contribution is 2.15. The fourth-order valence-corrected chi connectivity index (χ4v) is 2.30. The topological polar surface area (TPSA) is 99.5 Å². The van der Waals surface area contributed by atoms with Gasteiger partial charge in [0.15, 0.2) is 6.10 Å². The van der Waals surface area contributed by atoms with Crippen molar-refractivity contribution in [2.45, 2.75) is 19.4 Å². The minimum absolute atomic E-state index is 0.246. The standard InChI is InChI=1S/C20H19N3O4/c1-14(19(25)23(2)17-6-4-3-5-7-17)27-20(26)15-8-10-16(11-9-15)22-18(24)12-13-21/h3-11,14H,12H2,1-2H3,(H,22,24)/t14-/m1/s1. The molecule has 2 amide bonds. The number of carbonyl (C=O) groups is 3. The van der Waals surface area contributed by atoms with Gasteiger partial charge in [-0.05, 0) is 43.3 Å². The SMILES string of the molecule is C[C@@H](OC(=O)c1ccc(NC(=O)CC#N)cc1)C(=O)N(C)c1ccccc1. The molecule has 0 unspecified atom stereocenters. The number of carbonyl (C=O) groups excluding carboxylic acids is 3. The first-order chi connectivity index (χ1) is 12.9. The number of esters is 1. The lowest BCUT2D eigenvalue weighted by atomic mass is 10.2. The fraction of sp³-hybridized carbons (Fsp3) is 0.200. The van der Waals surface area contributed by atoms with Crippen molar-refractivity contribution in [2.75, 3.05) is 17.3 Å². The van der Waals surface area contributed by atoms with Gasteiger partial charge in [0.05, 0.1) is 11.6 Å². The van der Waals surface area contributed by atoms with Gasteiger partial charge in [0.1, 0.15) is 6.42 Å². The number of hydrogen-bond acceptors (Lipinski definition) is 5. The molecule has 1 atom stereocenters. The molecular formula is C20H19N3O4. The first-order valence-corrected chi connectivity index (χ1v) is 8.23. The normalized spacial score (nSPS) is 11.0. The molecule has 2 aromatic carbocycles. The van der Waals surface area contributed by atoms with Crippen molar-refractivity contribution in [2.24, 2.45) is 0 Å². The summed E-state index contributed by atoms with van der Waals surface area (Å²) >= 11 is 0. The van der Waals surface area contributed by atoms with Crippen LogP contribution in [-0.4, -0.2) is 30.9 Å². The Morgan fingerprint density at radius 1 is 1.11 bits per heavy atom. The molecule has 0 aliphatic heterocycles. The van der Waals surface area contributed by atoms with E-state index in [1.807, 2.05) is 18.2 Å². The maximum atomic E-state index is 12.4. The number of nitrogens with zero attached hydrogens (tertiary/aromatic N) is 2. The Morgan fingerprint density at radius 3 is 2.33 bits per heavy atom. The van der Waals surface area contributed by atoms with Crippen LogP contribution in [0.2, 0.25) is 0 Å². The van der Waals surface area contributed by atoms with Crippen molar-refractivity contribution in [1.29, 1.82) is 5.26 Å². The first kappa shape index (κ1) is 19.7. The molecule has 0 saturated carbocycles. The van der Waals surface area contributed by atoms with Gasteiger partial charge in [0.25, 0.3) is 5.91 Å². The van der Waals surface area contributed by atoms with Gasteiger partial charge >= 0.3 is 5.97 Å². The average molecular weight is 365 g/mol. The summed E-state index contributed by atoms with van der Waals surface area (Å²) in [6.07, 6.45) is -1.21. The number of nitrogens with one attached hydrogen (secondary N) is 1. The van der Waals surface area contributed by atoms with Crippen LogP contribution in [0.3, 0.4) is 0 Å². The number of hydrogen-bond donors (Lipinski definition) is 1. The van der Waals surface area contributed by atoms with E-state index in [-0.39, 0.29) is 17.9 Å². The smallest absolute Gasteiger partial charge is 0.338 e. The Hall–Kier alpha value is -3.66. The molecule has 0 saturated heterocycles. The van der Waals surface area contributed by atoms with E-state index in [4.69, 9.17) is 10.00 Å². The minimum Gasteiger partial charge on any atom is -0.449 e. The summed E-state index contributed by atoms with van der Waals surface area (Å²) in [5, 5.41) is 11.0. The molecule has 2 aromatic rings. The third-order valence-corrected chi connectivity index (χ3v) is 3.75. The molecule has 0 aliphatic carbocycles. The maximum Gasteiger partial charge on any atom is 0.338 e. The zero-order valence-electron chi connectivity index (χ0n) is 15.0. The van der Waals surface area contributed by atoms with E-state index in [1.54, 1.807) is 25.2 Å². The van der Waals surface area contributed by atoms with Crippen LogP contribution in [-0.2, 0) is 14.3 Å². The van der Waals surface area contributed by atoms with Crippen molar-refractivity contribution in [3.63, 3.8) is 0 Å². The summed E-state index contributed by atoms with van der Waals surface area (Å²) in [7, 11) is 1.61. The number of amides is 2. The largest absolute Gasteiger partial charge is 0.449 e. The molecule has 1 N–H and O–H groups in total. The molecule has 0 aliphatic rings. The highest BCUT2D eigenvalue weighted by atomic mass is 16.5. The van der Waals surface area contributed by atoms with Crippen molar-refractivity contribution < 1.29 is 19.1 Å². The average Bonchev–Trinajstić information content (AvgIpc) is 2.68. The van der Waals surface area contributed by atoms with Crippen molar-refractivity contribution >= 4 is 29.2 Å². The third kappa shape index (κ3) is 5.41. The Labute approximate surface area is 157 Å². The summed E-state index contributed by atoms with van der Waals surface area (Å²) in [5.41, 5.74) is 1.40. The molecule has 0 aromatic heterocycles. The van der Waals surface area contributed by atoms with Crippen LogP contribution in [0.1, 0.15) is 23.7 Å². The Balaban J connectivity index is 1.96. The van der Waals surface area contributed by atoms with E-state index in [0.29, 0.717) is 11.4 Å². The second-order valence-electron chi connectivity index (χ2n) is 5.74. The quantitative estimate of drug-likeness (QED) is 0.794. The van der Waals surface area contributed by atoms with Crippen LogP contribution in [0.5, 0.6) is 0 Å².